The van der Waals surface area contributed by atoms with Crippen molar-refractivity contribution in [1.29, 1.82) is 0 Å². The predicted molar refractivity (Wildman–Crippen MR) is 77.2 cm³/mol. The van der Waals surface area contributed by atoms with Gasteiger partial charge in [0.2, 0.25) is 5.91 Å². The molecule has 3 nitrogen and oxygen atoms in total. The third-order valence-corrected chi connectivity index (χ3v) is 4.17. The summed E-state index contributed by atoms with van der Waals surface area (Å²) in [6, 6.07) is 6.24. The van der Waals surface area contributed by atoms with Crippen LogP contribution in [0.2, 0.25) is 0 Å². The lowest BCUT2D eigenvalue weighted by atomic mass is 9.92. The van der Waals surface area contributed by atoms with Crippen molar-refractivity contribution in [2.75, 3.05) is 11.9 Å². The van der Waals surface area contributed by atoms with Gasteiger partial charge >= 0.3 is 5.51 Å². The van der Waals surface area contributed by atoms with Crippen molar-refractivity contribution in [2.45, 2.75) is 36.2 Å². The lowest BCUT2D eigenvalue weighted by Gasteiger charge is -2.27. The van der Waals surface area contributed by atoms with E-state index in [4.69, 9.17) is 0 Å². The number of para-hydroxylation sites is 1. The van der Waals surface area contributed by atoms with Gasteiger partial charge in [-0.05, 0) is 50.2 Å². The minimum Gasteiger partial charge on any atom is -0.325 e. The van der Waals surface area contributed by atoms with Gasteiger partial charge in [0.1, 0.15) is 0 Å². The number of thioether (sulfide) groups is 1. The zero-order valence-corrected chi connectivity index (χ0v) is 12.4. The topological polar surface area (TPSA) is 41.1 Å². The largest absolute Gasteiger partial charge is 0.446 e. The second-order valence-electron chi connectivity index (χ2n) is 5.11. The van der Waals surface area contributed by atoms with E-state index in [-0.39, 0.29) is 40.2 Å². The Morgan fingerprint density at radius 2 is 2.10 bits per heavy atom. The van der Waals surface area contributed by atoms with Crippen LogP contribution in [0.1, 0.15) is 19.8 Å². The number of amides is 1. The van der Waals surface area contributed by atoms with Gasteiger partial charge in [0.15, 0.2) is 0 Å². The fourth-order valence-corrected chi connectivity index (χ4v) is 3.01. The molecule has 1 saturated heterocycles. The van der Waals surface area contributed by atoms with Gasteiger partial charge in [-0.3, -0.25) is 4.79 Å². The Balaban J connectivity index is 2.07. The molecule has 0 saturated carbocycles. The zero-order chi connectivity index (χ0) is 15.5. The lowest BCUT2D eigenvalue weighted by molar-refractivity contribution is -0.120. The first-order chi connectivity index (χ1) is 9.85. The maximum atomic E-state index is 12.5. The number of hydrogen-bond donors (Lipinski definition) is 2. The van der Waals surface area contributed by atoms with Gasteiger partial charge < -0.3 is 10.6 Å². The van der Waals surface area contributed by atoms with Crippen LogP contribution in [0, 0.1) is 5.92 Å². The number of halogens is 3. The summed E-state index contributed by atoms with van der Waals surface area (Å²) in [4.78, 5) is 12.2. The van der Waals surface area contributed by atoms with Crippen molar-refractivity contribution in [3.63, 3.8) is 0 Å². The Morgan fingerprint density at radius 1 is 1.38 bits per heavy atom. The highest BCUT2D eigenvalue weighted by Gasteiger charge is 2.31. The van der Waals surface area contributed by atoms with Crippen molar-refractivity contribution in [3.05, 3.63) is 24.3 Å². The molecular weight excluding hydrogens is 301 g/mol. The van der Waals surface area contributed by atoms with Crippen LogP contribution in [-0.4, -0.2) is 24.0 Å². The number of piperidine rings is 1. The van der Waals surface area contributed by atoms with Crippen molar-refractivity contribution >= 4 is 23.4 Å². The van der Waals surface area contributed by atoms with E-state index in [1.807, 2.05) is 6.92 Å². The summed E-state index contributed by atoms with van der Waals surface area (Å²) in [6.07, 6.45) is 1.39. The van der Waals surface area contributed by atoms with E-state index in [1.165, 1.54) is 18.2 Å². The van der Waals surface area contributed by atoms with Crippen molar-refractivity contribution < 1.29 is 18.0 Å². The van der Waals surface area contributed by atoms with Crippen LogP contribution in [0.15, 0.2) is 29.2 Å². The molecule has 1 aliphatic rings. The van der Waals surface area contributed by atoms with E-state index in [2.05, 4.69) is 10.6 Å². The van der Waals surface area contributed by atoms with Crippen LogP contribution in [0.5, 0.6) is 0 Å². The highest BCUT2D eigenvalue weighted by molar-refractivity contribution is 8.00. The van der Waals surface area contributed by atoms with Crippen LogP contribution in [0.4, 0.5) is 18.9 Å². The number of anilines is 1. The maximum Gasteiger partial charge on any atom is 0.446 e. The quantitative estimate of drug-likeness (QED) is 0.836. The third kappa shape index (κ3) is 4.93. The molecule has 1 aromatic carbocycles. The van der Waals surface area contributed by atoms with Gasteiger partial charge in [-0.25, -0.2) is 0 Å². The first-order valence-corrected chi connectivity index (χ1v) is 7.56. The van der Waals surface area contributed by atoms with Gasteiger partial charge in [0.05, 0.1) is 5.69 Å². The number of carbonyl (C=O) groups is 1. The molecule has 1 heterocycles. The zero-order valence-electron chi connectivity index (χ0n) is 11.5. The standard InChI is InChI=1S/C14H17F3N2OS/c1-9-8-10(6-7-18-9)13(20)19-11-4-2-3-5-12(11)21-14(15,16)17/h2-5,9-10,18H,6-8H2,1H3,(H,19,20)/t9-,10-/m0/s1. The molecule has 0 bridgehead atoms. The molecule has 1 fully saturated rings. The summed E-state index contributed by atoms with van der Waals surface area (Å²) in [5.41, 5.74) is -4.15. The first-order valence-electron chi connectivity index (χ1n) is 6.74. The molecule has 0 spiro atoms. The summed E-state index contributed by atoms with van der Waals surface area (Å²) in [7, 11) is 0. The molecule has 0 unspecified atom stereocenters. The Hall–Kier alpha value is -1.21. The van der Waals surface area contributed by atoms with Gasteiger partial charge in [-0.1, -0.05) is 12.1 Å². The van der Waals surface area contributed by atoms with Gasteiger partial charge in [0, 0.05) is 16.9 Å². The molecule has 2 atom stereocenters. The average molecular weight is 318 g/mol. The van der Waals surface area contributed by atoms with E-state index in [9.17, 15) is 18.0 Å². The SMILES string of the molecule is C[C@H]1C[C@@H](C(=O)Nc2ccccc2SC(F)(F)F)CCN1. The molecule has 2 N–H and O–H groups in total. The van der Waals surface area contributed by atoms with Crippen LogP contribution in [0.3, 0.4) is 0 Å². The number of nitrogens with one attached hydrogen (secondary N) is 2. The average Bonchev–Trinajstić information content (AvgIpc) is 2.39. The Kier molecular flexibility index (Phi) is 5.16. The molecule has 116 valence electrons. The van der Waals surface area contributed by atoms with Crippen LogP contribution in [0.25, 0.3) is 0 Å². The Labute approximate surface area is 125 Å². The lowest BCUT2D eigenvalue weighted by Crippen LogP contribution is -2.40. The monoisotopic (exact) mass is 318 g/mol. The second kappa shape index (κ2) is 6.70. The van der Waals surface area contributed by atoms with E-state index >= 15 is 0 Å². The Bertz CT molecular complexity index is 507. The molecular formula is C14H17F3N2OS. The molecule has 1 amide bonds. The fraction of sp³-hybridized carbons (Fsp3) is 0.500. The minimum atomic E-state index is -4.37. The number of carbonyl (C=O) groups excluding carboxylic acids is 1. The highest BCUT2D eigenvalue weighted by Crippen LogP contribution is 2.40. The molecule has 1 aliphatic heterocycles. The second-order valence-corrected chi connectivity index (χ2v) is 6.22. The maximum absolute atomic E-state index is 12.5. The summed E-state index contributed by atoms with van der Waals surface area (Å²) >= 11 is -0.211. The summed E-state index contributed by atoms with van der Waals surface area (Å²) < 4.78 is 37.5. The molecule has 2 rings (SSSR count). The number of hydrogen-bond acceptors (Lipinski definition) is 3. The first kappa shape index (κ1) is 16.2. The molecule has 1 aromatic rings. The van der Waals surface area contributed by atoms with E-state index < -0.39 is 5.51 Å². The van der Waals surface area contributed by atoms with Crippen LogP contribution >= 0.6 is 11.8 Å². The Morgan fingerprint density at radius 3 is 2.76 bits per heavy atom. The van der Waals surface area contributed by atoms with Crippen molar-refractivity contribution in [1.82, 2.24) is 5.32 Å². The number of benzene rings is 1. The third-order valence-electron chi connectivity index (χ3n) is 3.37. The highest BCUT2D eigenvalue weighted by atomic mass is 32.2. The molecule has 0 radical (unpaired) electrons. The minimum absolute atomic E-state index is 0.0142. The summed E-state index contributed by atoms with van der Waals surface area (Å²) in [5, 5.41) is 5.88. The summed E-state index contributed by atoms with van der Waals surface area (Å²) in [5.74, 6) is -0.372. The van der Waals surface area contributed by atoms with Gasteiger partial charge in [0.25, 0.3) is 0 Å². The fourth-order valence-electron chi connectivity index (χ4n) is 2.39. The molecule has 0 aromatic heterocycles. The molecule has 21 heavy (non-hydrogen) atoms. The number of alkyl halides is 3. The van der Waals surface area contributed by atoms with Crippen LogP contribution < -0.4 is 10.6 Å². The smallest absolute Gasteiger partial charge is 0.325 e. The van der Waals surface area contributed by atoms with E-state index in [0.717, 1.165) is 6.54 Å². The molecule has 7 heteroatoms. The normalized spacial score (nSPS) is 22.9. The van der Waals surface area contributed by atoms with E-state index in [0.29, 0.717) is 12.8 Å². The van der Waals surface area contributed by atoms with Crippen LogP contribution in [-0.2, 0) is 4.79 Å². The van der Waals surface area contributed by atoms with Crippen molar-refractivity contribution in [2.24, 2.45) is 5.92 Å². The summed E-state index contributed by atoms with van der Waals surface area (Å²) in [6.45, 7) is 2.74. The van der Waals surface area contributed by atoms with Gasteiger partial charge in [-0.15, -0.1) is 0 Å². The molecule has 0 aliphatic carbocycles. The van der Waals surface area contributed by atoms with Crippen molar-refractivity contribution in [3.8, 4) is 0 Å². The predicted octanol–water partition coefficient (Wildman–Crippen LogP) is 3.63. The van der Waals surface area contributed by atoms with E-state index in [1.54, 1.807) is 6.07 Å². The number of rotatable bonds is 3. The van der Waals surface area contributed by atoms with Gasteiger partial charge in [-0.2, -0.15) is 13.2 Å².